The molecule has 0 spiro atoms. The van der Waals surface area contributed by atoms with Gasteiger partial charge in [0.15, 0.2) is 0 Å². The second kappa shape index (κ2) is 6.69. The van der Waals surface area contributed by atoms with E-state index in [2.05, 4.69) is 5.16 Å². The Morgan fingerprint density at radius 3 is 2.00 bits per heavy atom. The molecule has 3 aromatic rings. The Labute approximate surface area is 176 Å². The molecule has 10 heteroatoms. The van der Waals surface area contributed by atoms with Gasteiger partial charge in [0.1, 0.15) is 11.6 Å². The number of hydrogen-bond acceptors (Lipinski definition) is 3. The van der Waals surface area contributed by atoms with E-state index in [1.165, 1.54) is 32.9 Å². The van der Waals surface area contributed by atoms with Crippen LogP contribution in [0.15, 0.2) is 34.9 Å². The highest BCUT2D eigenvalue weighted by Crippen LogP contribution is 2.65. The van der Waals surface area contributed by atoms with Crippen molar-refractivity contribution in [2.75, 3.05) is 0 Å². The fraction of sp³-hybridized carbons (Fsp3) is 0.286. The zero-order valence-corrected chi connectivity index (χ0v) is 17.1. The van der Waals surface area contributed by atoms with Crippen LogP contribution in [0.5, 0.6) is 0 Å². The zero-order chi connectivity index (χ0) is 22.9. The lowest BCUT2D eigenvalue weighted by Crippen LogP contribution is -2.49. The van der Waals surface area contributed by atoms with Crippen LogP contribution in [0.3, 0.4) is 0 Å². The Hall–Kier alpha value is -2.62. The highest BCUT2D eigenvalue weighted by Gasteiger charge is 2.80. The minimum absolute atomic E-state index is 0.131. The topological polar surface area (TPSA) is 26.0 Å². The van der Waals surface area contributed by atoms with Gasteiger partial charge in [-0.2, -0.15) is 26.3 Å². The zero-order valence-electron chi connectivity index (χ0n) is 16.3. The highest BCUT2D eigenvalue weighted by atomic mass is 32.1. The summed E-state index contributed by atoms with van der Waals surface area (Å²) in [6.45, 7) is 3.77. The molecule has 0 atom stereocenters. The van der Waals surface area contributed by atoms with Crippen LogP contribution in [-0.4, -0.2) is 22.9 Å². The fourth-order valence-corrected chi connectivity index (χ4v) is 4.77. The summed E-state index contributed by atoms with van der Waals surface area (Å²) >= 11 is 0.950. The Morgan fingerprint density at radius 2 is 1.45 bits per heavy atom. The standard InChI is InChI=1S/C21H14F7NOS/c1-9-16(10(2)30-29-9)18-17(19(23,24)21(27,28)20(18,25)26)14-8-15(31-11(14)3)12-4-6-13(22)7-5-12/h4-8H,1-3H3. The Morgan fingerprint density at radius 1 is 0.871 bits per heavy atom. The van der Waals surface area contributed by atoms with Crippen LogP contribution in [0.25, 0.3) is 21.6 Å². The van der Waals surface area contributed by atoms with Crippen LogP contribution >= 0.6 is 11.3 Å². The number of hydrogen-bond donors (Lipinski definition) is 0. The lowest BCUT2D eigenvalue weighted by atomic mass is 9.93. The lowest BCUT2D eigenvalue weighted by Gasteiger charge is -2.25. The predicted octanol–water partition coefficient (Wildman–Crippen LogP) is 7.30. The average molecular weight is 461 g/mol. The van der Waals surface area contributed by atoms with Crippen molar-refractivity contribution in [2.24, 2.45) is 0 Å². The maximum Gasteiger partial charge on any atom is 0.380 e. The minimum atomic E-state index is -5.66. The first-order chi connectivity index (χ1) is 14.3. The third-order valence-electron chi connectivity index (χ3n) is 5.27. The summed E-state index contributed by atoms with van der Waals surface area (Å²) < 4.78 is 106. The summed E-state index contributed by atoms with van der Waals surface area (Å²) in [5.74, 6) is -16.8. The summed E-state index contributed by atoms with van der Waals surface area (Å²) in [4.78, 5) is 0.471. The number of alkyl halides is 6. The Kier molecular flexibility index (Phi) is 4.66. The number of nitrogens with zero attached hydrogens (tertiary/aromatic N) is 1. The maximum atomic E-state index is 14.9. The summed E-state index contributed by atoms with van der Waals surface area (Å²) in [5, 5.41) is 3.47. The Bertz CT molecular complexity index is 1190. The van der Waals surface area contributed by atoms with Gasteiger partial charge in [-0.1, -0.05) is 17.3 Å². The van der Waals surface area contributed by atoms with Gasteiger partial charge in [0.25, 0.3) is 0 Å². The number of rotatable bonds is 3. The molecule has 2 aromatic heterocycles. The van der Waals surface area contributed by atoms with Crippen molar-refractivity contribution in [3.63, 3.8) is 0 Å². The monoisotopic (exact) mass is 461 g/mol. The van der Waals surface area contributed by atoms with Crippen LogP contribution < -0.4 is 0 Å². The molecule has 0 unspecified atom stereocenters. The van der Waals surface area contributed by atoms with Crippen molar-refractivity contribution in [1.82, 2.24) is 5.16 Å². The van der Waals surface area contributed by atoms with E-state index in [1.54, 1.807) is 0 Å². The molecule has 4 rings (SSSR count). The molecular formula is C21H14F7NOS. The van der Waals surface area contributed by atoms with Crippen LogP contribution in [-0.2, 0) is 0 Å². The predicted molar refractivity (Wildman–Crippen MR) is 102 cm³/mol. The molecule has 0 radical (unpaired) electrons. The van der Waals surface area contributed by atoms with E-state index in [4.69, 9.17) is 4.52 Å². The maximum absolute atomic E-state index is 14.9. The van der Waals surface area contributed by atoms with Crippen LogP contribution in [0, 0.1) is 26.6 Å². The molecule has 1 aliphatic rings. The molecule has 31 heavy (non-hydrogen) atoms. The first kappa shape index (κ1) is 21.6. The molecule has 0 amide bonds. The highest BCUT2D eigenvalue weighted by molar-refractivity contribution is 7.15. The van der Waals surface area contributed by atoms with Gasteiger partial charge < -0.3 is 4.52 Å². The number of benzene rings is 1. The molecule has 0 saturated heterocycles. The molecule has 1 aromatic carbocycles. The molecule has 2 nitrogen and oxygen atoms in total. The first-order valence-electron chi connectivity index (χ1n) is 8.99. The first-order valence-corrected chi connectivity index (χ1v) is 9.81. The van der Waals surface area contributed by atoms with Gasteiger partial charge in [-0.25, -0.2) is 4.39 Å². The van der Waals surface area contributed by atoms with E-state index in [0.717, 1.165) is 29.5 Å². The molecule has 164 valence electrons. The number of thiophene rings is 1. The normalized spacial score (nSPS) is 19.3. The largest absolute Gasteiger partial charge is 0.380 e. The molecule has 0 saturated carbocycles. The Balaban J connectivity index is 2.04. The summed E-state index contributed by atoms with van der Waals surface area (Å²) in [7, 11) is 0. The van der Waals surface area contributed by atoms with Gasteiger partial charge >= 0.3 is 17.8 Å². The van der Waals surface area contributed by atoms with Gasteiger partial charge in [0.2, 0.25) is 0 Å². The van der Waals surface area contributed by atoms with Crippen molar-refractivity contribution < 1.29 is 35.3 Å². The second-order valence-electron chi connectivity index (χ2n) is 7.26. The van der Waals surface area contributed by atoms with Crippen molar-refractivity contribution in [2.45, 2.75) is 38.5 Å². The van der Waals surface area contributed by atoms with E-state index >= 15 is 0 Å². The summed E-state index contributed by atoms with van der Waals surface area (Å²) in [6.07, 6.45) is 0. The second-order valence-corrected chi connectivity index (χ2v) is 8.52. The number of allylic oxidation sites excluding steroid dienone is 2. The van der Waals surface area contributed by atoms with Gasteiger partial charge in [0.05, 0.1) is 11.3 Å². The third-order valence-corrected chi connectivity index (χ3v) is 6.37. The fourth-order valence-electron chi connectivity index (χ4n) is 3.74. The van der Waals surface area contributed by atoms with E-state index < -0.39 is 45.9 Å². The lowest BCUT2D eigenvalue weighted by molar-refractivity contribution is -0.254. The third kappa shape index (κ3) is 2.87. The summed E-state index contributed by atoms with van der Waals surface area (Å²) in [5.41, 5.74) is -3.72. The molecular weight excluding hydrogens is 447 g/mol. The quantitative estimate of drug-likeness (QED) is 0.383. The average Bonchev–Trinajstić information content (AvgIpc) is 3.24. The number of halogens is 7. The number of aryl methyl sites for hydroxylation is 3. The van der Waals surface area contributed by atoms with Crippen molar-refractivity contribution >= 4 is 22.5 Å². The molecule has 0 aliphatic heterocycles. The van der Waals surface area contributed by atoms with Crippen LogP contribution in [0.2, 0.25) is 0 Å². The van der Waals surface area contributed by atoms with Gasteiger partial charge in [0, 0.05) is 20.9 Å². The smallest absolute Gasteiger partial charge is 0.361 e. The molecule has 0 N–H and O–H groups in total. The van der Waals surface area contributed by atoms with Crippen LogP contribution in [0.1, 0.15) is 27.5 Å². The van der Waals surface area contributed by atoms with E-state index in [-0.39, 0.29) is 16.3 Å². The van der Waals surface area contributed by atoms with Crippen LogP contribution in [0.4, 0.5) is 30.7 Å². The van der Waals surface area contributed by atoms with Crippen molar-refractivity contribution in [3.8, 4) is 10.4 Å². The van der Waals surface area contributed by atoms with Gasteiger partial charge in [-0.3, -0.25) is 0 Å². The van der Waals surface area contributed by atoms with E-state index in [0.29, 0.717) is 10.4 Å². The van der Waals surface area contributed by atoms with E-state index in [1.807, 2.05) is 0 Å². The molecule has 2 heterocycles. The molecule has 0 fully saturated rings. The van der Waals surface area contributed by atoms with Crippen molar-refractivity contribution in [3.05, 3.63) is 63.6 Å². The summed E-state index contributed by atoms with van der Waals surface area (Å²) in [6, 6.07) is 6.19. The molecule has 1 aliphatic carbocycles. The number of aromatic nitrogens is 1. The minimum Gasteiger partial charge on any atom is -0.361 e. The van der Waals surface area contributed by atoms with Crippen molar-refractivity contribution in [1.29, 1.82) is 0 Å². The van der Waals surface area contributed by atoms with Gasteiger partial charge in [-0.15, -0.1) is 11.3 Å². The SMILES string of the molecule is Cc1noc(C)c1C1=C(c2cc(-c3ccc(F)cc3)sc2C)C(F)(F)C(F)(F)C1(F)F. The van der Waals surface area contributed by atoms with E-state index in [9.17, 15) is 30.7 Å². The van der Waals surface area contributed by atoms with Gasteiger partial charge in [-0.05, 0) is 50.1 Å². The molecule has 0 bridgehead atoms.